The monoisotopic (exact) mass is 345 g/mol. The lowest BCUT2D eigenvalue weighted by molar-refractivity contribution is -0.120. The van der Waals surface area contributed by atoms with Crippen molar-refractivity contribution in [2.75, 3.05) is 6.54 Å². The van der Waals surface area contributed by atoms with E-state index in [2.05, 4.69) is 20.4 Å². The van der Waals surface area contributed by atoms with Gasteiger partial charge in [0, 0.05) is 35.5 Å². The molecular formula is C17H23N5O3. The highest BCUT2D eigenvalue weighted by Crippen LogP contribution is 2.46. The van der Waals surface area contributed by atoms with Gasteiger partial charge >= 0.3 is 5.69 Å². The van der Waals surface area contributed by atoms with Crippen molar-refractivity contribution in [3.05, 3.63) is 49.5 Å². The number of amides is 1. The van der Waals surface area contributed by atoms with Gasteiger partial charge in [-0.1, -0.05) is 0 Å². The average molecular weight is 345 g/mol. The van der Waals surface area contributed by atoms with E-state index in [0.29, 0.717) is 17.8 Å². The van der Waals surface area contributed by atoms with Gasteiger partial charge < -0.3 is 10.3 Å². The van der Waals surface area contributed by atoms with Crippen LogP contribution in [0.15, 0.2) is 15.7 Å². The lowest BCUT2D eigenvalue weighted by Gasteiger charge is -2.17. The highest BCUT2D eigenvalue weighted by Gasteiger charge is 2.43. The first-order valence-corrected chi connectivity index (χ1v) is 8.38. The van der Waals surface area contributed by atoms with E-state index in [1.807, 2.05) is 24.6 Å². The maximum absolute atomic E-state index is 12.2. The lowest BCUT2D eigenvalue weighted by Crippen LogP contribution is -2.36. The van der Waals surface area contributed by atoms with Crippen molar-refractivity contribution < 1.29 is 4.79 Å². The van der Waals surface area contributed by atoms with E-state index >= 15 is 0 Å². The molecule has 134 valence electrons. The molecule has 2 aromatic rings. The second-order valence-electron chi connectivity index (χ2n) is 7.05. The van der Waals surface area contributed by atoms with Crippen molar-refractivity contribution >= 4 is 5.91 Å². The Balaban J connectivity index is 1.60. The molecule has 8 nitrogen and oxygen atoms in total. The number of aromatic nitrogens is 4. The van der Waals surface area contributed by atoms with Gasteiger partial charge in [-0.2, -0.15) is 5.10 Å². The first kappa shape index (κ1) is 17.2. The molecule has 2 heterocycles. The molecule has 3 N–H and O–H groups in total. The Labute approximate surface area is 144 Å². The minimum Gasteiger partial charge on any atom is -0.355 e. The third-order valence-electron chi connectivity index (χ3n) is 4.80. The molecule has 3 rings (SSSR count). The first-order valence-electron chi connectivity index (χ1n) is 8.38. The molecule has 0 unspecified atom stereocenters. The number of H-pyrrole nitrogens is 2. The molecule has 25 heavy (non-hydrogen) atoms. The zero-order valence-electron chi connectivity index (χ0n) is 14.7. The quantitative estimate of drug-likeness (QED) is 0.700. The zero-order chi connectivity index (χ0) is 18.2. The van der Waals surface area contributed by atoms with E-state index in [1.54, 1.807) is 6.92 Å². The SMILES string of the molecule is Cc1cc(C)n(CC2(CNC(=O)Cc3c(C)[nH]c(=O)[nH]c3=O)CC2)n1. The van der Waals surface area contributed by atoms with Gasteiger partial charge in [0.05, 0.1) is 12.1 Å². The molecule has 1 amide bonds. The Morgan fingerprint density at radius 3 is 2.56 bits per heavy atom. The summed E-state index contributed by atoms with van der Waals surface area (Å²) >= 11 is 0. The average Bonchev–Trinajstić information content (AvgIpc) is 3.20. The Morgan fingerprint density at radius 2 is 2.00 bits per heavy atom. The summed E-state index contributed by atoms with van der Waals surface area (Å²) in [4.78, 5) is 39.9. The molecule has 1 fully saturated rings. The third-order valence-corrected chi connectivity index (χ3v) is 4.80. The van der Waals surface area contributed by atoms with Crippen molar-refractivity contribution in [2.45, 2.75) is 46.6 Å². The van der Waals surface area contributed by atoms with Gasteiger partial charge in [0.2, 0.25) is 5.91 Å². The van der Waals surface area contributed by atoms with E-state index in [4.69, 9.17) is 0 Å². The Hall–Kier alpha value is -2.64. The largest absolute Gasteiger partial charge is 0.355 e. The van der Waals surface area contributed by atoms with Crippen molar-refractivity contribution in [3.8, 4) is 0 Å². The van der Waals surface area contributed by atoms with Crippen LogP contribution in [-0.2, 0) is 17.8 Å². The molecule has 0 aromatic carbocycles. The molecule has 0 saturated heterocycles. The Morgan fingerprint density at radius 1 is 1.28 bits per heavy atom. The van der Waals surface area contributed by atoms with Crippen molar-refractivity contribution in [2.24, 2.45) is 5.41 Å². The van der Waals surface area contributed by atoms with Crippen LogP contribution in [0.3, 0.4) is 0 Å². The smallest absolute Gasteiger partial charge is 0.325 e. The maximum atomic E-state index is 12.2. The van der Waals surface area contributed by atoms with Crippen LogP contribution in [0, 0.1) is 26.2 Å². The number of nitrogens with one attached hydrogen (secondary N) is 3. The summed E-state index contributed by atoms with van der Waals surface area (Å²) in [6.07, 6.45) is 2.04. The summed E-state index contributed by atoms with van der Waals surface area (Å²) in [6, 6.07) is 2.04. The maximum Gasteiger partial charge on any atom is 0.325 e. The fourth-order valence-corrected chi connectivity index (χ4v) is 3.07. The molecule has 0 radical (unpaired) electrons. The molecule has 1 aliphatic carbocycles. The number of nitrogens with zero attached hydrogens (tertiary/aromatic N) is 2. The van der Waals surface area contributed by atoms with E-state index in [0.717, 1.165) is 30.8 Å². The standard InChI is InChI=1S/C17H23N5O3/c1-10-6-11(2)22(21-10)9-17(4-5-17)8-18-14(23)7-13-12(3)19-16(25)20-15(13)24/h6H,4-5,7-9H2,1-3H3,(H,18,23)(H2,19,20,24,25). The van der Waals surface area contributed by atoms with E-state index in [1.165, 1.54) is 0 Å². The molecule has 0 aliphatic heterocycles. The van der Waals surface area contributed by atoms with Crippen LogP contribution < -0.4 is 16.6 Å². The minimum atomic E-state index is -0.562. The summed E-state index contributed by atoms with van der Waals surface area (Å²) in [5.41, 5.74) is 1.79. The molecule has 0 spiro atoms. The van der Waals surface area contributed by atoms with Crippen molar-refractivity contribution in [3.63, 3.8) is 0 Å². The van der Waals surface area contributed by atoms with Crippen LogP contribution >= 0.6 is 0 Å². The summed E-state index contributed by atoms with van der Waals surface area (Å²) in [7, 11) is 0. The third kappa shape index (κ3) is 3.89. The van der Waals surface area contributed by atoms with Gasteiger partial charge in [-0.25, -0.2) is 4.79 Å². The molecule has 0 atom stereocenters. The fourth-order valence-electron chi connectivity index (χ4n) is 3.07. The van der Waals surface area contributed by atoms with Gasteiger partial charge in [0.1, 0.15) is 0 Å². The summed E-state index contributed by atoms with van der Waals surface area (Å²) in [5, 5.41) is 7.41. The second-order valence-corrected chi connectivity index (χ2v) is 7.05. The topological polar surface area (TPSA) is 113 Å². The number of carbonyl (C=O) groups is 1. The highest BCUT2D eigenvalue weighted by atomic mass is 16.2. The summed E-state index contributed by atoms with van der Waals surface area (Å²) < 4.78 is 1.99. The number of rotatable bonds is 6. The molecule has 1 aliphatic rings. The van der Waals surface area contributed by atoms with Crippen LogP contribution in [0.5, 0.6) is 0 Å². The highest BCUT2D eigenvalue weighted by molar-refractivity contribution is 5.78. The predicted molar refractivity (Wildman–Crippen MR) is 92.5 cm³/mol. The molecular weight excluding hydrogens is 322 g/mol. The summed E-state index contributed by atoms with van der Waals surface area (Å²) in [6.45, 7) is 6.95. The van der Waals surface area contributed by atoms with Crippen molar-refractivity contribution in [1.29, 1.82) is 0 Å². The number of aryl methyl sites for hydroxylation is 3. The molecule has 0 bridgehead atoms. The van der Waals surface area contributed by atoms with Crippen LogP contribution in [-0.4, -0.2) is 32.2 Å². The number of aromatic amines is 2. The zero-order valence-corrected chi connectivity index (χ0v) is 14.7. The van der Waals surface area contributed by atoms with Crippen LogP contribution in [0.4, 0.5) is 0 Å². The second kappa shape index (κ2) is 6.34. The van der Waals surface area contributed by atoms with Crippen molar-refractivity contribution in [1.82, 2.24) is 25.1 Å². The Bertz CT molecular complexity index is 917. The number of hydrogen-bond acceptors (Lipinski definition) is 4. The van der Waals surface area contributed by atoms with Gasteiger partial charge in [-0.05, 0) is 39.7 Å². The van der Waals surface area contributed by atoms with E-state index < -0.39 is 11.2 Å². The van der Waals surface area contributed by atoms with E-state index in [9.17, 15) is 14.4 Å². The number of carbonyl (C=O) groups excluding carboxylic acids is 1. The lowest BCUT2D eigenvalue weighted by atomic mass is 10.1. The van der Waals surface area contributed by atoms with Crippen LogP contribution in [0.1, 0.15) is 35.5 Å². The van der Waals surface area contributed by atoms with Gasteiger partial charge in [0.15, 0.2) is 0 Å². The number of hydrogen-bond donors (Lipinski definition) is 3. The summed E-state index contributed by atoms with van der Waals surface area (Å²) in [5.74, 6) is -0.222. The van der Waals surface area contributed by atoms with Gasteiger partial charge in [-0.15, -0.1) is 0 Å². The fraction of sp³-hybridized carbons (Fsp3) is 0.529. The Kier molecular flexibility index (Phi) is 4.36. The van der Waals surface area contributed by atoms with E-state index in [-0.39, 0.29) is 17.7 Å². The van der Waals surface area contributed by atoms with Gasteiger partial charge in [0.25, 0.3) is 5.56 Å². The van der Waals surface area contributed by atoms with Crippen LogP contribution in [0.2, 0.25) is 0 Å². The first-order chi connectivity index (χ1) is 11.8. The molecule has 2 aromatic heterocycles. The molecule has 8 heteroatoms. The predicted octanol–water partition coefficient (Wildman–Crippen LogP) is 0.324. The molecule has 1 saturated carbocycles. The van der Waals surface area contributed by atoms with Crippen LogP contribution in [0.25, 0.3) is 0 Å². The normalized spacial score (nSPS) is 15.2. The van der Waals surface area contributed by atoms with Gasteiger partial charge in [-0.3, -0.25) is 19.3 Å². The minimum absolute atomic E-state index is 0.0470.